The van der Waals surface area contributed by atoms with Crippen LogP contribution in [-0.4, -0.2) is 51.6 Å². The molecule has 2 aromatic carbocycles. The summed E-state index contributed by atoms with van der Waals surface area (Å²) in [4.78, 5) is 44.9. The average molecular weight is 606 g/mol. The Morgan fingerprint density at radius 2 is 1.80 bits per heavy atom. The molecule has 2 aliphatic heterocycles. The largest absolute Gasteiger partial charge is 0.424 e. The predicted octanol–water partition coefficient (Wildman–Crippen LogP) is 6.34. The van der Waals surface area contributed by atoms with E-state index in [0.717, 1.165) is 45.2 Å². The fourth-order valence-electron chi connectivity index (χ4n) is 5.01. The van der Waals surface area contributed by atoms with E-state index in [0.29, 0.717) is 42.7 Å². The van der Waals surface area contributed by atoms with E-state index in [4.69, 9.17) is 9.47 Å². The Bertz CT molecular complexity index is 1790. The van der Waals surface area contributed by atoms with Gasteiger partial charge in [-0.2, -0.15) is 0 Å². The lowest BCUT2D eigenvalue weighted by Crippen LogP contribution is -2.25. The van der Waals surface area contributed by atoms with Crippen LogP contribution in [0.4, 0.5) is 21.3 Å². The van der Waals surface area contributed by atoms with Crippen LogP contribution in [0.5, 0.6) is 11.8 Å². The van der Waals surface area contributed by atoms with Crippen molar-refractivity contribution in [1.29, 1.82) is 0 Å². The predicted molar refractivity (Wildman–Crippen MR) is 167 cm³/mol. The molecule has 220 valence electrons. The topological polar surface area (TPSA) is 131 Å². The van der Waals surface area contributed by atoms with Crippen LogP contribution in [0.3, 0.4) is 0 Å². The monoisotopic (exact) mass is 605 g/mol. The van der Waals surface area contributed by atoms with E-state index in [1.54, 1.807) is 23.5 Å². The molecule has 0 aliphatic carbocycles. The highest BCUT2D eigenvalue weighted by Crippen LogP contribution is 2.35. The lowest BCUT2D eigenvalue weighted by Gasteiger charge is -2.27. The summed E-state index contributed by atoms with van der Waals surface area (Å²) in [7, 11) is 0. The standard InChI is InChI=1S/C32H27N7O4S/c40-29-4-2-12-39(29)32-36-17-28(44-32)20-5-8-25(9-6-20)43-31-34-15-24(16-35-31)37-30(41)38-27-13-21(23-18-42-19-23)7-10-26(27)22-3-1-11-33-14-22/h1,3,5-11,13-17,23H,2,4,12,18-19H2,(H2,37,38,41). The third-order valence-electron chi connectivity index (χ3n) is 7.41. The molecule has 0 saturated carbocycles. The van der Waals surface area contributed by atoms with Gasteiger partial charge in [-0.15, -0.1) is 0 Å². The zero-order chi connectivity index (χ0) is 29.9. The smallest absolute Gasteiger partial charge is 0.323 e. The van der Waals surface area contributed by atoms with Gasteiger partial charge < -0.3 is 20.1 Å². The number of thiazole rings is 1. The quantitative estimate of drug-likeness (QED) is 0.210. The molecule has 2 N–H and O–H groups in total. The lowest BCUT2D eigenvalue weighted by molar-refractivity contribution is -0.117. The summed E-state index contributed by atoms with van der Waals surface area (Å²) in [5.74, 6) is 0.994. The Morgan fingerprint density at radius 1 is 0.955 bits per heavy atom. The molecule has 2 fully saturated rings. The van der Waals surface area contributed by atoms with Gasteiger partial charge in [-0.25, -0.2) is 19.7 Å². The van der Waals surface area contributed by atoms with E-state index in [-0.39, 0.29) is 11.9 Å². The van der Waals surface area contributed by atoms with E-state index in [2.05, 4.69) is 36.6 Å². The molecule has 0 atom stereocenters. The van der Waals surface area contributed by atoms with Gasteiger partial charge in [0.1, 0.15) is 5.75 Å². The summed E-state index contributed by atoms with van der Waals surface area (Å²) >= 11 is 1.49. The molecule has 0 radical (unpaired) electrons. The Balaban J connectivity index is 0.983. The first-order valence-electron chi connectivity index (χ1n) is 14.2. The molecule has 2 aliphatic rings. The number of carbonyl (C=O) groups excluding carboxylic acids is 2. The third-order valence-corrected chi connectivity index (χ3v) is 8.48. The van der Waals surface area contributed by atoms with Crippen molar-refractivity contribution in [3.63, 3.8) is 0 Å². The van der Waals surface area contributed by atoms with Crippen LogP contribution >= 0.6 is 11.3 Å². The van der Waals surface area contributed by atoms with Gasteiger partial charge in [0.05, 0.1) is 41.9 Å². The maximum absolute atomic E-state index is 13.0. The molecule has 2 saturated heterocycles. The maximum Gasteiger partial charge on any atom is 0.323 e. The lowest BCUT2D eigenvalue weighted by atomic mass is 9.94. The minimum absolute atomic E-state index is 0.122. The van der Waals surface area contributed by atoms with Crippen LogP contribution in [0.1, 0.15) is 24.3 Å². The van der Waals surface area contributed by atoms with E-state index in [1.807, 2.05) is 48.5 Å². The first-order chi connectivity index (χ1) is 21.6. The summed E-state index contributed by atoms with van der Waals surface area (Å²) in [6.45, 7) is 2.06. The molecule has 5 aromatic rings. The molecule has 3 amide bonds. The van der Waals surface area contributed by atoms with Gasteiger partial charge in [-0.1, -0.05) is 29.5 Å². The van der Waals surface area contributed by atoms with Gasteiger partial charge in [0.15, 0.2) is 5.13 Å². The number of rotatable bonds is 8. The second-order valence-corrected chi connectivity index (χ2v) is 11.4. The van der Waals surface area contributed by atoms with Gasteiger partial charge in [0.25, 0.3) is 0 Å². The first kappa shape index (κ1) is 27.6. The highest BCUT2D eigenvalue weighted by atomic mass is 32.1. The van der Waals surface area contributed by atoms with Crippen LogP contribution in [0.15, 0.2) is 85.6 Å². The Labute approximate surface area is 256 Å². The Morgan fingerprint density at radius 3 is 2.50 bits per heavy atom. The molecule has 0 bridgehead atoms. The van der Waals surface area contributed by atoms with Crippen molar-refractivity contribution in [2.75, 3.05) is 35.3 Å². The summed E-state index contributed by atoms with van der Waals surface area (Å²) in [6.07, 6.45) is 9.67. The van der Waals surface area contributed by atoms with Crippen molar-refractivity contribution in [2.24, 2.45) is 0 Å². The van der Waals surface area contributed by atoms with Crippen molar-refractivity contribution in [3.05, 3.63) is 91.1 Å². The number of hydrogen-bond donors (Lipinski definition) is 2. The molecule has 11 nitrogen and oxygen atoms in total. The molecule has 12 heteroatoms. The number of nitrogens with zero attached hydrogens (tertiary/aromatic N) is 5. The number of hydrogen-bond acceptors (Lipinski definition) is 9. The summed E-state index contributed by atoms with van der Waals surface area (Å²) in [5.41, 5.74) is 4.91. The number of benzene rings is 2. The molecular formula is C32H27N7O4S. The van der Waals surface area contributed by atoms with Crippen LogP contribution in [-0.2, 0) is 9.53 Å². The second-order valence-electron chi connectivity index (χ2n) is 10.4. The van der Waals surface area contributed by atoms with Crippen LogP contribution < -0.4 is 20.3 Å². The molecule has 0 unspecified atom stereocenters. The normalized spacial score (nSPS) is 14.7. The summed E-state index contributed by atoms with van der Waals surface area (Å²) < 4.78 is 11.2. The SMILES string of the molecule is O=C(Nc1cnc(Oc2ccc(-c3cnc(N4CCCC4=O)s3)cc2)nc1)Nc1cc(C2COC2)ccc1-c1cccnc1. The number of ether oxygens (including phenoxy) is 2. The number of aromatic nitrogens is 4. The third kappa shape index (κ3) is 5.98. The van der Waals surface area contributed by atoms with Gasteiger partial charge in [-0.3, -0.25) is 14.7 Å². The average Bonchev–Trinajstić information content (AvgIpc) is 3.67. The number of amides is 3. The highest BCUT2D eigenvalue weighted by molar-refractivity contribution is 7.19. The summed E-state index contributed by atoms with van der Waals surface area (Å²) in [6, 6.07) is 17.1. The highest BCUT2D eigenvalue weighted by Gasteiger charge is 2.25. The fraction of sp³-hybridized carbons (Fsp3) is 0.188. The second kappa shape index (κ2) is 12.2. The number of carbonyl (C=O) groups is 2. The van der Waals surface area contributed by atoms with Crippen LogP contribution in [0, 0.1) is 0 Å². The molecule has 3 aromatic heterocycles. The van der Waals surface area contributed by atoms with E-state index in [1.165, 1.54) is 23.7 Å². The molecular weight excluding hydrogens is 578 g/mol. The number of nitrogens with one attached hydrogen (secondary N) is 2. The van der Waals surface area contributed by atoms with Crippen molar-refractivity contribution in [1.82, 2.24) is 19.9 Å². The number of anilines is 3. The zero-order valence-corrected chi connectivity index (χ0v) is 24.3. The minimum atomic E-state index is -0.426. The molecule has 5 heterocycles. The fourth-order valence-corrected chi connectivity index (χ4v) is 5.97. The van der Waals surface area contributed by atoms with Crippen LogP contribution in [0.2, 0.25) is 0 Å². The molecule has 44 heavy (non-hydrogen) atoms. The van der Waals surface area contributed by atoms with Crippen molar-refractivity contribution >= 4 is 39.8 Å². The van der Waals surface area contributed by atoms with Gasteiger partial charge in [0, 0.05) is 48.6 Å². The van der Waals surface area contributed by atoms with Crippen molar-refractivity contribution in [2.45, 2.75) is 18.8 Å². The zero-order valence-electron chi connectivity index (χ0n) is 23.5. The Kier molecular flexibility index (Phi) is 7.65. The number of pyridine rings is 1. The molecule has 7 rings (SSSR count). The van der Waals surface area contributed by atoms with E-state index in [9.17, 15) is 9.59 Å². The molecule has 0 spiro atoms. The van der Waals surface area contributed by atoms with E-state index >= 15 is 0 Å². The van der Waals surface area contributed by atoms with Crippen LogP contribution in [0.25, 0.3) is 21.6 Å². The van der Waals surface area contributed by atoms with Gasteiger partial charge in [-0.05, 0) is 53.9 Å². The van der Waals surface area contributed by atoms with Crippen molar-refractivity contribution in [3.8, 4) is 33.3 Å². The first-order valence-corrected chi connectivity index (χ1v) is 15.0. The maximum atomic E-state index is 13.0. The summed E-state index contributed by atoms with van der Waals surface area (Å²) in [5, 5.41) is 6.48. The minimum Gasteiger partial charge on any atom is -0.424 e. The van der Waals surface area contributed by atoms with Gasteiger partial charge >= 0.3 is 12.0 Å². The van der Waals surface area contributed by atoms with E-state index < -0.39 is 6.03 Å². The Hall–Kier alpha value is -5.20. The number of urea groups is 1. The van der Waals surface area contributed by atoms with Gasteiger partial charge in [0.2, 0.25) is 5.91 Å². The van der Waals surface area contributed by atoms with Crippen molar-refractivity contribution < 1.29 is 19.1 Å².